The Balaban J connectivity index is 2.18. The molecule has 1 fully saturated rings. The second-order valence-electron chi connectivity index (χ2n) is 3.78. The van der Waals surface area contributed by atoms with Crippen LogP contribution in [0.4, 0.5) is 0 Å². The number of carbonyl (C=O) groups is 1. The second-order valence-corrected chi connectivity index (χ2v) is 3.78. The molecule has 1 rings (SSSR count). The minimum atomic E-state index is -0.706. The first-order chi connectivity index (χ1) is 6.22. The minimum absolute atomic E-state index is 0.223. The van der Waals surface area contributed by atoms with Crippen molar-refractivity contribution in [2.24, 2.45) is 11.8 Å². The van der Waals surface area contributed by atoms with Crippen LogP contribution in [0.15, 0.2) is 0 Å². The number of nitrogens with zero attached hydrogens (tertiary/aromatic N) is 1. The number of aliphatic carboxylic acids is 1. The highest BCUT2D eigenvalue weighted by Gasteiger charge is 2.20. The lowest BCUT2D eigenvalue weighted by Gasteiger charge is -2.23. The molecule has 13 heavy (non-hydrogen) atoms. The van der Waals surface area contributed by atoms with Gasteiger partial charge in [-0.05, 0) is 38.0 Å². The van der Waals surface area contributed by atoms with E-state index < -0.39 is 5.97 Å². The third-order valence-corrected chi connectivity index (χ3v) is 2.80. The molecule has 0 amide bonds. The molecule has 0 aromatic heterocycles. The van der Waals surface area contributed by atoms with Crippen LogP contribution in [0.3, 0.4) is 0 Å². The smallest absolute Gasteiger partial charge is 0.303 e. The van der Waals surface area contributed by atoms with E-state index in [1.807, 2.05) is 0 Å². The van der Waals surface area contributed by atoms with Gasteiger partial charge < -0.3 is 5.11 Å². The van der Waals surface area contributed by atoms with Crippen LogP contribution in [0.5, 0.6) is 0 Å². The Hall–Kier alpha value is -1.04. The highest BCUT2D eigenvalue weighted by molar-refractivity contribution is 5.66. The van der Waals surface area contributed by atoms with Crippen LogP contribution in [0.1, 0.15) is 38.5 Å². The maximum Gasteiger partial charge on any atom is 0.303 e. The van der Waals surface area contributed by atoms with Gasteiger partial charge in [0, 0.05) is 12.3 Å². The van der Waals surface area contributed by atoms with Gasteiger partial charge in [-0.15, -0.1) is 0 Å². The summed E-state index contributed by atoms with van der Waals surface area (Å²) in [5.41, 5.74) is 0. The van der Waals surface area contributed by atoms with E-state index in [0.717, 1.165) is 32.1 Å². The van der Waals surface area contributed by atoms with Gasteiger partial charge in [0.1, 0.15) is 0 Å². The van der Waals surface area contributed by atoms with Crippen LogP contribution in [0.2, 0.25) is 0 Å². The summed E-state index contributed by atoms with van der Waals surface area (Å²) >= 11 is 0. The van der Waals surface area contributed by atoms with Gasteiger partial charge in [0.15, 0.2) is 0 Å². The average Bonchev–Trinajstić information content (AvgIpc) is 2.15. The monoisotopic (exact) mass is 181 g/mol. The highest BCUT2D eigenvalue weighted by atomic mass is 16.4. The Morgan fingerprint density at radius 3 is 2.46 bits per heavy atom. The Labute approximate surface area is 78.4 Å². The Morgan fingerprint density at radius 2 is 2.00 bits per heavy atom. The van der Waals surface area contributed by atoms with E-state index in [9.17, 15) is 4.79 Å². The molecular formula is C10H15NO2. The van der Waals surface area contributed by atoms with E-state index in [-0.39, 0.29) is 12.3 Å². The lowest BCUT2D eigenvalue weighted by Crippen LogP contribution is -2.14. The van der Waals surface area contributed by atoms with Crippen molar-refractivity contribution in [3.63, 3.8) is 0 Å². The van der Waals surface area contributed by atoms with Crippen molar-refractivity contribution in [2.75, 3.05) is 0 Å². The van der Waals surface area contributed by atoms with E-state index in [0.29, 0.717) is 5.92 Å². The van der Waals surface area contributed by atoms with Gasteiger partial charge in [-0.1, -0.05) is 0 Å². The normalized spacial score (nSPS) is 27.9. The van der Waals surface area contributed by atoms with Crippen molar-refractivity contribution in [1.29, 1.82) is 5.26 Å². The van der Waals surface area contributed by atoms with Crippen LogP contribution >= 0.6 is 0 Å². The zero-order valence-electron chi connectivity index (χ0n) is 7.70. The van der Waals surface area contributed by atoms with Gasteiger partial charge in [-0.3, -0.25) is 4.79 Å². The summed E-state index contributed by atoms with van der Waals surface area (Å²) in [5, 5.41) is 17.1. The Bertz CT molecular complexity index is 211. The van der Waals surface area contributed by atoms with E-state index in [1.165, 1.54) is 0 Å². The van der Waals surface area contributed by atoms with E-state index >= 15 is 0 Å². The lowest BCUT2D eigenvalue weighted by atomic mass is 9.81. The first kappa shape index (κ1) is 10.0. The third-order valence-electron chi connectivity index (χ3n) is 2.80. The zero-order valence-corrected chi connectivity index (χ0v) is 7.70. The Morgan fingerprint density at radius 1 is 1.38 bits per heavy atom. The minimum Gasteiger partial charge on any atom is -0.481 e. The molecule has 72 valence electrons. The average molecular weight is 181 g/mol. The molecule has 1 saturated carbocycles. The fraction of sp³-hybridized carbons (Fsp3) is 0.800. The van der Waals surface area contributed by atoms with Gasteiger partial charge in [0.2, 0.25) is 0 Å². The molecule has 0 saturated heterocycles. The molecule has 1 N–H and O–H groups in total. The molecule has 0 radical (unpaired) electrons. The second kappa shape index (κ2) is 4.86. The highest BCUT2D eigenvalue weighted by Crippen LogP contribution is 2.30. The van der Waals surface area contributed by atoms with Crippen LogP contribution in [0.25, 0.3) is 0 Å². The van der Waals surface area contributed by atoms with Gasteiger partial charge in [-0.2, -0.15) is 5.26 Å². The molecule has 0 aliphatic heterocycles. The lowest BCUT2D eigenvalue weighted by molar-refractivity contribution is -0.137. The number of hydrogen-bond acceptors (Lipinski definition) is 2. The molecule has 3 heteroatoms. The van der Waals surface area contributed by atoms with Crippen LogP contribution in [-0.2, 0) is 4.79 Å². The maximum atomic E-state index is 10.3. The van der Waals surface area contributed by atoms with Crippen molar-refractivity contribution < 1.29 is 9.90 Å². The number of rotatable bonds is 3. The first-order valence-corrected chi connectivity index (χ1v) is 4.83. The third kappa shape index (κ3) is 3.45. The van der Waals surface area contributed by atoms with Crippen molar-refractivity contribution in [3.05, 3.63) is 0 Å². The van der Waals surface area contributed by atoms with Gasteiger partial charge in [-0.25, -0.2) is 0 Å². The molecule has 1 aliphatic rings. The molecule has 0 aromatic rings. The molecule has 0 bridgehead atoms. The molecule has 0 aromatic carbocycles. The Kier molecular flexibility index (Phi) is 3.75. The summed E-state index contributed by atoms with van der Waals surface area (Å²) in [6, 6.07) is 2.27. The summed E-state index contributed by atoms with van der Waals surface area (Å²) < 4.78 is 0. The molecular weight excluding hydrogens is 166 g/mol. The van der Waals surface area contributed by atoms with E-state index in [4.69, 9.17) is 10.4 Å². The fourth-order valence-electron chi connectivity index (χ4n) is 1.91. The van der Waals surface area contributed by atoms with Crippen LogP contribution in [-0.4, -0.2) is 11.1 Å². The molecule has 0 atom stereocenters. The summed E-state index contributed by atoms with van der Waals surface area (Å²) in [6.45, 7) is 0. The maximum absolute atomic E-state index is 10.3. The predicted molar refractivity (Wildman–Crippen MR) is 47.9 cm³/mol. The summed E-state index contributed by atoms with van der Waals surface area (Å²) in [4.78, 5) is 10.3. The summed E-state index contributed by atoms with van der Waals surface area (Å²) in [6.07, 6.45) is 5.05. The number of carboxylic acids is 1. The van der Waals surface area contributed by atoms with Gasteiger partial charge in [0.25, 0.3) is 0 Å². The van der Waals surface area contributed by atoms with Crippen molar-refractivity contribution in [3.8, 4) is 6.07 Å². The number of hydrogen-bond donors (Lipinski definition) is 1. The zero-order chi connectivity index (χ0) is 9.68. The first-order valence-electron chi connectivity index (χ1n) is 4.83. The van der Waals surface area contributed by atoms with Crippen molar-refractivity contribution in [2.45, 2.75) is 38.5 Å². The SMILES string of the molecule is N#CC1CCC(CCC(=O)O)CC1. The quantitative estimate of drug-likeness (QED) is 0.725. The van der Waals surface area contributed by atoms with Gasteiger partial charge >= 0.3 is 5.97 Å². The molecule has 0 spiro atoms. The summed E-state index contributed by atoms with van der Waals surface area (Å²) in [5.74, 6) is 0.0594. The fourth-order valence-corrected chi connectivity index (χ4v) is 1.91. The molecule has 3 nitrogen and oxygen atoms in total. The molecule has 1 aliphatic carbocycles. The molecule has 0 unspecified atom stereocenters. The van der Waals surface area contributed by atoms with Gasteiger partial charge in [0.05, 0.1) is 6.07 Å². The van der Waals surface area contributed by atoms with E-state index in [1.54, 1.807) is 0 Å². The van der Waals surface area contributed by atoms with Crippen LogP contribution in [0, 0.1) is 23.2 Å². The largest absolute Gasteiger partial charge is 0.481 e. The predicted octanol–water partition coefficient (Wildman–Crippen LogP) is 2.18. The standard InChI is InChI=1S/C10H15NO2/c11-7-9-3-1-8(2-4-9)5-6-10(12)13/h8-9H,1-6H2,(H,12,13). The van der Waals surface area contributed by atoms with Crippen molar-refractivity contribution in [1.82, 2.24) is 0 Å². The number of nitriles is 1. The van der Waals surface area contributed by atoms with E-state index in [2.05, 4.69) is 6.07 Å². The van der Waals surface area contributed by atoms with Crippen LogP contribution < -0.4 is 0 Å². The topological polar surface area (TPSA) is 61.1 Å². The van der Waals surface area contributed by atoms with Crippen molar-refractivity contribution >= 4 is 5.97 Å². The number of carboxylic acid groups (broad SMARTS) is 1. The summed E-state index contributed by atoms with van der Waals surface area (Å²) in [7, 11) is 0. The molecule has 0 heterocycles.